The SMILES string of the molecule is OCCNc1cnon1. The Hall–Kier alpha value is -1.10. The molecule has 1 aromatic rings. The van der Waals surface area contributed by atoms with Gasteiger partial charge in [0.25, 0.3) is 0 Å². The standard InChI is InChI=1S/C4H7N3O2/c8-2-1-5-4-3-6-9-7-4/h3,8H,1-2H2,(H,5,7). The van der Waals surface area contributed by atoms with Crippen molar-refractivity contribution in [2.75, 3.05) is 18.5 Å². The summed E-state index contributed by atoms with van der Waals surface area (Å²) in [5.41, 5.74) is 0. The number of nitrogens with one attached hydrogen (secondary N) is 1. The second-order valence-corrected chi connectivity index (χ2v) is 1.44. The molecule has 0 atom stereocenters. The molecule has 0 aromatic carbocycles. The van der Waals surface area contributed by atoms with E-state index in [0.29, 0.717) is 12.4 Å². The fourth-order valence-corrected chi connectivity index (χ4v) is 0.427. The first-order chi connectivity index (χ1) is 4.43. The number of aliphatic hydroxyl groups is 1. The minimum absolute atomic E-state index is 0.0762. The quantitative estimate of drug-likeness (QED) is 0.574. The zero-order chi connectivity index (χ0) is 6.53. The summed E-state index contributed by atoms with van der Waals surface area (Å²) in [4.78, 5) is 0. The summed E-state index contributed by atoms with van der Waals surface area (Å²) in [5, 5.41) is 17.9. The maximum absolute atomic E-state index is 8.32. The third-order valence-corrected chi connectivity index (χ3v) is 0.779. The number of anilines is 1. The lowest BCUT2D eigenvalue weighted by molar-refractivity contribution is 0.304. The summed E-state index contributed by atoms with van der Waals surface area (Å²) < 4.78 is 4.27. The van der Waals surface area contributed by atoms with Crippen LogP contribution in [-0.2, 0) is 0 Å². The first-order valence-electron chi connectivity index (χ1n) is 2.56. The predicted molar refractivity (Wildman–Crippen MR) is 29.9 cm³/mol. The van der Waals surface area contributed by atoms with Crippen molar-refractivity contribution >= 4 is 5.82 Å². The molecule has 0 bridgehead atoms. The highest BCUT2D eigenvalue weighted by atomic mass is 16.6. The minimum Gasteiger partial charge on any atom is -0.395 e. The molecule has 0 unspecified atom stereocenters. The lowest BCUT2D eigenvalue weighted by Crippen LogP contribution is -2.05. The van der Waals surface area contributed by atoms with E-state index in [-0.39, 0.29) is 6.61 Å². The van der Waals surface area contributed by atoms with Gasteiger partial charge in [-0.05, 0) is 5.16 Å². The van der Waals surface area contributed by atoms with Gasteiger partial charge < -0.3 is 10.4 Å². The normalized spacial score (nSPS) is 9.44. The van der Waals surface area contributed by atoms with Crippen LogP contribution in [0.4, 0.5) is 5.82 Å². The number of nitrogens with zero attached hydrogens (tertiary/aromatic N) is 2. The molecule has 0 saturated heterocycles. The molecule has 50 valence electrons. The summed E-state index contributed by atoms with van der Waals surface area (Å²) in [7, 11) is 0. The highest BCUT2D eigenvalue weighted by Crippen LogP contribution is 1.94. The topological polar surface area (TPSA) is 71.2 Å². The smallest absolute Gasteiger partial charge is 0.190 e. The Kier molecular flexibility index (Phi) is 2.03. The molecule has 0 aliphatic rings. The van der Waals surface area contributed by atoms with Gasteiger partial charge in [-0.1, -0.05) is 5.16 Å². The van der Waals surface area contributed by atoms with Crippen LogP contribution in [0.2, 0.25) is 0 Å². The van der Waals surface area contributed by atoms with Crippen molar-refractivity contribution in [1.29, 1.82) is 0 Å². The Morgan fingerprint density at radius 1 is 1.78 bits per heavy atom. The molecule has 0 aliphatic heterocycles. The molecule has 0 aliphatic carbocycles. The molecule has 9 heavy (non-hydrogen) atoms. The van der Waals surface area contributed by atoms with E-state index in [1.807, 2.05) is 0 Å². The van der Waals surface area contributed by atoms with Gasteiger partial charge in [-0.25, -0.2) is 4.63 Å². The van der Waals surface area contributed by atoms with E-state index >= 15 is 0 Å². The van der Waals surface area contributed by atoms with Gasteiger partial charge in [0.2, 0.25) is 0 Å². The zero-order valence-corrected chi connectivity index (χ0v) is 4.74. The number of hydrogen-bond donors (Lipinski definition) is 2. The van der Waals surface area contributed by atoms with Crippen LogP contribution in [0.15, 0.2) is 10.8 Å². The van der Waals surface area contributed by atoms with Crippen LogP contribution in [0.3, 0.4) is 0 Å². The summed E-state index contributed by atoms with van der Waals surface area (Å²) >= 11 is 0. The molecule has 0 amide bonds. The van der Waals surface area contributed by atoms with E-state index in [9.17, 15) is 0 Å². The molecule has 2 N–H and O–H groups in total. The van der Waals surface area contributed by atoms with Crippen LogP contribution in [0.5, 0.6) is 0 Å². The maximum Gasteiger partial charge on any atom is 0.190 e. The molecule has 0 radical (unpaired) electrons. The maximum atomic E-state index is 8.32. The van der Waals surface area contributed by atoms with E-state index in [1.54, 1.807) is 0 Å². The number of aromatic nitrogens is 2. The van der Waals surface area contributed by atoms with Gasteiger partial charge >= 0.3 is 0 Å². The summed E-state index contributed by atoms with van der Waals surface area (Å²) in [6.45, 7) is 0.543. The molecule has 1 aromatic heterocycles. The minimum atomic E-state index is 0.0762. The van der Waals surface area contributed by atoms with E-state index < -0.39 is 0 Å². The molecule has 1 rings (SSSR count). The van der Waals surface area contributed by atoms with E-state index in [2.05, 4.69) is 20.3 Å². The molecule has 0 saturated carbocycles. The average molecular weight is 129 g/mol. The lowest BCUT2D eigenvalue weighted by atomic mass is 10.6. The van der Waals surface area contributed by atoms with E-state index in [1.165, 1.54) is 6.20 Å². The van der Waals surface area contributed by atoms with Gasteiger partial charge in [-0.15, -0.1) is 0 Å². The molecule has 1 heterocycles. The van der Waals surface area contributed by atoms with Crippen LogP contribution >= 0.6 is 0 Å². The van der Waals surface area contributed by atoms with Crippen molar-refractivity contribution < 1.29 is 9.74 Å². The second-order valence-electron chi connectivity index (χ2n) is 1.44. The van der Waals surface area contributed by atoms with Crippen LogP contribution in [0.1, 0.15) is 0 Å². The third-order valence-electron chi connectivity index (χ3n) is 0.779. The van der Waals surface area contributed by atoms with E-state index in [0.717, 1.165) is 0 Å². The summed E-state index contributed by atoms with van der Waals surface area (Å²) in [6, 6.07) is 0. The first-order valence-corrected chi connectivity index (χ1v) is 2.56. The fourth-order valence-electron chi connectivity index (χ4n) is 0.427. The fraction of sp³-hybridized carbons (Fsp3) is 0.500. The molecular weight excluding hydrogens is 122 g/mol. The van der Waals surface area contributed by atoms with Gasteiger partial charge in [-0.3, -0.25) is 0 Å². The van der Waals surface area contributed by atoms with Crippen molar-refractivity contribution in [3.8, 4) is 0 Å². The van der Waals surface area contributed by atoms with Gasteiger partial charge in [0.05, 0.1) is 6.61 Å². The Bertz CT molecular complexity index is 151. The largest absolute Gasteiger partial charge is 0.395 e. The van der Waals surface area contributed by atoms with Crippen molar-refractivity contribution in [2.45, 2.75) is 0 Å². The summed E-state index contributed by atoms with van der Waals surface area (Å²) in [6.07, 6.45) is 1.44. The van der Waals surface area contributed by atoms with Crippen LogP contribution in [0, 0.1) is 0 Å². The number of rotatable bonds is 3. The number of hydrogen-bond acceptors (Lipinski definition) is 5. The first kappa shape index (κ1) is 6.03. The van der Waals surface area contributed by atoms with Crippen molar-refractivity contribution in [3.63, 3.8) is 0 Å². The van der Waals surface area contributed by atoms with Crippen LogP contribution < -0.4 is 5.32 Å². The second kappa shape index (κ2) is 3.03. The molecule has 0 fully saturated rings. The number of aliphatic hydroxyl groups excluding tert-OH is 1. The average Bonchev–Trinajstić information content (AvgIpc) is 2.34. The van der Waals surface area contributed by atoms with Crippen molar-refractivity contribution in [3.05, 3.63) is 6.20 Å². The van der Waals surface area contributed by atoms with Crippen molar-refractivity contribution in [1.82, 2.24) is 10.3 Å². The van der Waals surface area contributed by atoms with Gasteiger partial charge in [0.15, 0.2) is 5.82 Å². The zero-order valence-electron chi connectivity index (χ0n) is 4.74. The Morgan fingerprint density at radius 2 is 2.67 bits per heavy atom. The Balaban J connectivity index is 2.30. The predicted octanol–water partition coefficient (Wildman–Crippen LogP) is -0.526. The Labute approximate surface area is 51.6 Å². The third kappa shape index (κ3) is 1.69. The highest BCUT2D eigenvalue weighted by molar-refractivity contribution is 5.27. The monoisotopic (exact) mass is 129 g/mol. The van der Waals surface area contributed by atoms with Gasteiger partial charge in [0, 0.05) is 6.54 Å². The van der Waals surface area contributed by atoms with Gasteiger partial charge in [-0.2, -0.15) is 0 Å². The van der Waals surface area contributed by atoms with Crippen LogP contribution in [0.25, 0.3) is 0 Å². The van der Waals surface area contributed by atoms with E-state index in [4.69, 9.17) is 5.11 Å². The molecule has 0 spiro atoms. The molecular formula is C4H7N3O2. The molecule has 5 heteroatoms. The van der Waals surface area contributed by atoms with Crippen LogP contribution in [-0.4, -0.2) is 28.6 Å². The highest BCUT2D eigenvalue weighted by Gasteiger charge is 1.91. The van der Waals surface area contributed by atoms with Gasteiger partial charge in [0.1, 0.15) is 6.20 Å². The Morgan fingerprint density at radius 3 is 3.22 bits per heavy atom. The summed E-state index contributed by atoms with van der Waals surface area (Å²) in [5.74, 6) is 0.545. The lowest BCUT2D eigenvalue weighted by Gasteiger charge is -1.93. The van der Waals surface area contributed by atoms with Crippen molar-refractivity contribution in [2.24, 2.45) is 0 Å². The molecule has 5 nitrogen and oxygen atoms in total.